The molecule has 0 amide bonds. The Kier molecular flexibility index (Phi) is 7.61. The van der Waals surface area contributed by atoms with E-state index in [4.69, 9.17) is 39.5 Å². The fourth-order valence-corrected chi connectivity index (χ4v) is 3.69. The molecule has 0 spiro atoms. The zero-order valence-corrected chi connectivity index (χ0v) is 19.3. The minimum absolute atomic E-state index is 0.331. The van der Waals surface area contributed by atoms with E-state index in [9.17, 15) is 0 Å². The molecule has 0 bridgehead atoms. The van der Waals surface area contributed by atoms with Crippen LogP contribution < -0.4 is 5.32 Å². The molecule has 0 radical (unpaired) electrons. The lowest BCUT2D eigenvalue weighted by Gasteiger charge is -2.11. The number of hydrogen-bond donors (Lipinski definition) is 1. The highest BCUT2D eigenvalue weighted by molar-refractivity contribution is 6.33. The van der Waals surface area contributed by atoms with Gasteiger partial charge in [-0.1, -0.05) is 59.1 Å². The molecule has 0 saturated carbocycles. The third-order valence-corrected chi connectivity index (χ3v) is 5.76. The summed E-state index contributed by atoms with van der Waals surface area (Å²) in [7, 11) is 0. The first-order valence-corrected chi connectivity index (χ1v) is 11.1. The molecule has 0 unspecified atom stereocenters. The van der Waals surface area contributed by atoms with Crippen LogP contribution >= 0.6 is 34.8 Å². The van der Waals surface area contributed by atoms with Crippen LogP contribution in [0.2, 0.25) is 15.1 Å². The molecule has 0 atom stereocenters. The molecule has 4 rings (SSSR count). The largest absolute Gasteiger partial charge is 0.381 e. The van der Waals surface area contributed by atoms with Gasteiger partial charge in [-0.2, -0.15) is 0 Å². The van der Waals surface area contributed by atoms with Crippen molar-refractivity contribution in [3.63, 3.8) is 0 Å². The van der Waals surface area contributed by atoms with Crippen LogP contribution in [0.25, 0.3) is 11.1 Å². The maximum absolute atomic E-state index is 6.22. The second kappa shape index (κ2) is 10.8. The molecule has 4 nitrogen and oxygen atoms in total. The highest BCUT2D eigenvalue weighted by Crippen LogP contribution is 2.25. The Morgan fingerprint density at radius 3 is 2.34 bits per heavy atom. The van der Waals surface area contributed by atoms with Crippen molar-refractivity contribution < 1.29 is 4.74 Å². The Bertz CT molecular complexity index is 1180. The predicted molar refractivity (Wildman–Crippen MR) is 131 cm³/mol. The van der Waals surface area contributed by atoms with E-state index in [0.29, 0.717) is 23.3 Å². The van der Waals surface area contributed by atoms with E-state index < -0.39 is 0 Å². The van der Waals surface area contributed by atoms with Crippen molar-refractivity contribution in [2.45, 2.75) is 19.8 Å². The van der Waals surface area contributed by atoms with Crippen molar-refractivity contribution in [2.24, 2.45) is 0 Å². The first kappa shape index (κ1) is 22.6. The molecule has 1 heterocycles. The quantitative estimate of drug-likeness (QED) is 0.282. The number of rotatable bonds is 8. The zero-order chi connectivity index (χ0) is 22.3. The van der Waals surface area contributed by atoms with E-state index in [-0.39, 0.29) is 0 Å². The Hall–Kier alpha value is -2.63. The summed E-state index contributed by atoms with van der Waals surface area (Å²) in [5.74, 6) is 0. The minimum atomic E-state index is 0.331. The van der Waals surface area contributed by atoms with Gasteiger partial charge in [0.25, 0.3) is 0 Å². The summed E-state index contributed by atoms with van der Waals surface area (Å²) < 4.78 is 5.87. The molecule has 0 aliphatic heterocycles. The normalized spacial score (nSPS) is 10.8. The number of ether oxygens (including phenoxy) is 1. The molecule has 4 aromatic rings. The predicted octanol–water partition coefficient (Wildman–Crippen LogP) is 7.43. The number of anilines is 1. The molecule has 0 saturated heterocycles. The first-order chi connectivity index (χ1) is 15.6. The fourth-order valence-electron chi connectivity index (χ4n) is 3.20. The van der Waals surface area contributed by atoms with E-state index >= 15 is 0 Å². The summed E-state index contributed by atoms with van der Waals surface area (Å²) in [6.07, 6.45) is 3.32. The second-order valence-corrected chi connectivity index (χ2v) is 8.45. The number of aromatic nitrogens is 2. The van der Waals surface area contributed by atoms with Gasteiger partial charge < -0.3 is 10.1 Å². The van der Waals surface area contributed by atoms with E-state index in [1.807, 2.05) is 48.5 Å². The van der Waals surface area contributed by atoms with Gasteiger partial charge in [0.2, 0.25) is 0 Å². The van der Waals surface area contributed by atoms with Gasteiger partial charge in [0.15, 0.2) is 0 Å². The van der Waals surface area contributed by atoms with Gasteiger partial charge in [-0.3, -0.25) is 0 Å². The molecule has 1 aromatic heterocycles. The first-order valence-electron chi connectivity index (χ1n) is 9.98. The van der Waals surface area contributed by atoms with Gasteiger partial charge in [0.05, 0.1) is 18.9 Å². The third kappa shape index (κ3) is 5.99. The molecular formula is C25H20Cl3N3O. The fraction of sp³-hybridized carbons (Fsp3) is 0.120. The van der Waals surface area contributed by atoms with Gasteiger partial charge in [0.1, 0.15) is 6.33 Å². The highest BCUT2D eigenvalue weighted by atomic mass is 35.5. The lowest BCUT2D eigenvalue weighted by Crippen LogP contribution is -2.01. The Balaban J connectivity index is 1.40. The summed E-state index contributed by atoms with van der Waals surface area (Å²) >= 11 is 18.2. The maximum atomic E-state index is 6.22. The van der Waals surface area contributed by atoms with Crippen LogP contribution in [0.3, 0.4) is 0 Å². The average Bonchev–Trinajstić information content (AvgIpc) is 2.82. The van der Waals surface area contributed by atoms with Gasteiger partial charge in [-0.15, -0.1) is 0 Å². The molecule has 0 fully saturated rings. The van der Waals surface area contributed by atoms with Gasteiger partial charge in [0, 0.05) is 39.1 Å². The molecular weight excluding hydrogens is 465 g/mol. The standard InChI is InChI=1S/C25H20Cl3N3O/c26-20-5-1-17(2-6-20)12-30-22-8-3-18(4-9-22)23-13-29-16-31-25(23)15-32-14-19-11-21(27)7-10-24(19)28/h1-11,13,16,30H,12,14-15H2. The molecule has 0 aliphatic rings. The number of halogens is 3. The summed E-state index contributed by atoms with van der Waals surface area (Å²) in [6, 6.07) is 21.3. The zero-order valence-electron chi connectivity index (χ0n) is 17.1. The molecule has 32 heavy (non-hydrogen) atoms. The Morgan fingerprint density at radius 2 is 1.56 bits per heavy atom. The van der Waals surface area contributed by atoms with Crippen LogP contribution in [0.5, 0.6) is 0 Å². The third-order valence-electron chi connectivity index (χ3n) is 4.90. The van der Waals surface area contributed by atoms with Gasteiger partial charge in [-0.05, 0) is 59.2 Å². The Morgan fingerprint density at radius 1 is 0.812 bits per heavy atom. The SMILES string of the molecule is Clc1ccc(CNc2ccc(-c3cncnc3COCc3cc(Cl)ccc3Cl)cc2)cc1. The number of benzene rings is 3. The minimum Gasteiger partial charge on any atom is -0.381 e. The van der Waals surface area contributed by atoms with E-state index in [2.05, 4.69) is 15.3 Å². The molecule has 3 aromatic carbocycles. The lowest BCUT2D eigenvalue weighted by molar-refractivity contribution is 0.105. The highest BCUT2D eigenvalue weighted by Gasteiger charge is 2.09. The van der Waals surface area contributed by atoms with Crippen LogP contribution in [-0.2, 0) is 24.5 Å². The number of nitrogens with zero attached hydrogens (tertiary/aromatic N) is 2. The van der Waals surface area contributed by atoms with Gasteiger partial charge >= 0.3 is 0 Å². The van der Waals surface area contributed by atoms with Gasteiger partial charge in [-0.25, -0.2) is 9.97 Å². The lowest BCUT2D eigenvalue weighted by atomic mass is 10.1. The second-order valence-electron chi connectivity index (χ2n) is 7.17. The molecule has 7 heteroatoms. The monoisotopic (exact) mass is 483 g/mol. The van der Waals surface area contributed by atoms with Crippen molar-refractivity contribution >= 4 is 40.5 Å². The van der Waals surface area contributed by atoms with Crippen LogP contribution in [-0.4, -0.2) is 9.97 Å². The molecule has 1 N–H and O–H groups in total. The van der Waals surface area contributed by atoms with Crippen molar-refractivity contribution in [3.05, 3.63) is 111 Å². The van der Waals surface area contributed by atoms with E-state index in [0.717, 1.165) is 45.2 Å². The molecule has 0 aliphatic carbocycles. The van der Waals surface area contributed by atoms with E-state index in [1.54, 1.807) is 24.4 Å². The van der Waals surface area contributed by atoms with Crippen LogP contribution in [0.1, 0.15) is 16.8 Å². The number of hydrogen-bond acceptors (Lipinski definition) is 4. The average molecular weight is 485 g/mol. The van der Waals surface area contributed by atoms with Crippen molar-refractivity contribution in [2.75, 3.05) is 5.32 Å². The van der Waals surface area contributed by atoms with Crippen LogP contribution in [0.15, 0.2) is 79.3 Å². The van der Waals surface area contributed by atoms with Crippen molar-refractivity contribution in [1.29, 1.82) is 0 Å². The maximum Gasteiger partial charge on any atom is 0.115 e. The van der Waals surface area contributed by atoms with Crippen molar-refractivity contribution in [3.8, 4) is 11.1 Å². The summed E-state index contributed by atoms with van der Waals surface area (Å²) in [6.45, 7) is 1.39. The molecule has 162 valence electrons. The Labute approximate surface area is 202 Å². The summed E-state index contributed by atoms with van der Waals surface area (Å²) in [5, 5.41) is 5.40. The number of nitrogens with one attached hydrogen (secondary N) is 1. The topological polar surface area (TPSA) is 47.0 Å². The summed E-state index contributed by atoms with van der Waals surface area (Å²) in [5.41, 5.74) is 5.77. The van der Waals surface area contributed by atoms with E-state index in [1.165, 1.54) is 6.33 Å². The summed E-state index contributed by atoms with van der Waals surface area (Å²) in [4.78, 5) is 8.60. The smallest absolute Gasteiger partial charge is 0.115 e. The van der Waals surface area contributed by atoms with Crippen molar-refractivity contribution in [1.82, 2.24) is 9.97 Å². The van der Waals surface area contributed by atoms with Crippen LogP contribution in [0, 0.1) is 0 Å². The van der Waals surface area contributed by atoms with Crippen LogP contribution in [0.4, 0.5) is 5.69 Å².